The molecule has 0 radical (unpaired) electrons. The van der Waals surface area contributed by atoms with Crippen molar-refractivity contribution < 1.29 is 9.26 Å². The molecule has 5 nitrogen and oxygen atoms in total. The van der Waals surface area contributed by atoms with Gasteiger partial charge >= 0.3 is 0 Å². The van der Waals surface area contributed by atoms with Crippen LogP contribution in [0.5, 0.6) is 0 Å². The average molecular weight is 305 g/mol. The SMILES string of the molecule is CC1=CCCC(C)C1CNC[C@H]1CC[C@@H](c2nc(C)no2)O1. The molecule has 1 saturated heterocycles. The summed E-state index contributed by atoms with van der Waals surface area (Å²) in [7, 11) is 0. The van der Waals surface area contributed by atoms with E-state index in [1.165, 1.54) is 18.4 Å². The Morgan fingerprint density at radius 1 is 1.23 bits per heavy atom. The van der Waals surface area contributed by atoms with Crippen LogP contribution in [0.1, 0.15) is 57.3 Å². The van der Waals surface area contributed by atoms with Crippen LogP contribution in [0, 0.1) is 18.8 Å². The van der Waals surface area contributed by atoms with Gasteiger partial charge in [-0.05, 0) is 51.4 Å². The molecule has 4 atom stereocenters. The van der Waals surface area contributed by atoms with Crippen LogP contribution in [0.25, 0.3) is 0 Å². The van der Waals surface area contributed by atoms with Crippen molar-refractivity contribution in [1.29, 1.82) is 0 Å². The number of hydrogen-bond acceptors (Lipinski definition) is 5. The van der Waals surface area contributed by atoms with Crippen molar-refractivity contribution >= 4 is 0 Å². The summed E-state index contributed by atoms with van der Waals surface area (Å²) in [5.41, 5.74) is 1.54. The van der Waals surface area contributed by atoms with Crippen LogP contribution in [-0.2, 0) is 4.74 Å². The molecule has 122 valence electrons. The molecule has 0 spiro atoms. The second-order valence-electron chi connectivity index (χ2n) is 6.77. The van der Waals surface area contributed by atoms with E-state index in [4.69, 9.17) is 9.26 Å². The monoisotopic (exact) mass is 305 g/mol. The Morgan fingerprint density at radius 2 is 2.09 bits per heavy atom. The lowest BCUT2D eigenvalue weighted by atomic mass is 9.80. The van der Waals surface area contributed by atoms with Gasteiger partial charge in [-0.2, -0.15) is 4.98 Å². The fraction of sp³-hybridized carbons (Fsp3) is 0.765. The van der Waals surface area contributed by atoms with Gasteiger partial charge in [0.2, 0.25) is 0 Å². The standard InChI is InChI=1S/C17H27N3O2/c1-11-5-4-6-12(2)15(11)10-18-9-14-7-8-16(21-14)17-19-13(3)20-22-17/h5,12,14-16,18H,4,6-10H2,1-3H3/t12?,14-,15?,16+/m1/s1. The van der Waals surface area contributed by atoms with Crippen LogP contribution in [0.15, 0.2) is 16.2 Å². The normalized spacial score (nSPS) is 32.2. The largest absolute Gasteiger partial charge is 0.364 e. The first-order valence-electron chi connectivity index (χ1n) is 8.46. The number of aryl methyl sites for hydroxylation is 1. The molecule has 3 rings (SSSR count). The summed E-state index contributed by atoms with van der Waals surface area (Å²) in [6.45, 7) is 8.42. The van der Waals surface area contributed by atoms with Gasteiger partial charge in [0.15, 0.2) is 5.82 Å². The van der Waals surface area contributed by atoms with Gasteiger partial charge in [0, 0.05) is 13.1 Å². The minimum Gasteiger partial charge on any atom is -0.364 e. The highest BCUT2D eigenvalue weighted by Gasteiger charge is 2.30. The van der Waals surface area contributed by atoms with Crippen molar-refractivity contribution in [1.82, 2.24) is 15.5 Å². The maximum atomic E-state index is 6.03. The molecule has 1 aromatic heterocycles. The first kappa shape index (κ1) is 15.7. The molecular weight excluding hydrogens is 278 g/mol. The van der Waals surface area contributed by atoms with Crippen molar-refractivity contribution in [2.75, 3.05) is 13.1 Å². The van der Waals surface area contributed by atoms with E-state index in [1.54, 1.807) is 0 Å². The van der Waals surface area contributed by atoms with Gasteiger partial charge in [-0.15, -0.1) is 0 Å². The Hall–Kier alpha value is -1.20. The van der Waals surface area contributed by atoms with Crippen molar-refractivity contribution in [2.24, 2.45) is 11.8 Å². The molecule has 1 aliphatic carbocycles. The van der Waals surface area contributed by atoms with Crippen molar-refractivity contribution in [3.8, 4) is 0 Å². The molecule has 0 bridgehead atoms. The molecule has 1 aromatic rings. The van der Waals surface area contributed by atoms with E-state index in [9.17, 15) is 0 Å². The molecule has 2 heterocycles. The molecule has 0 saturated carbocycles. The summed E-state index contributed by atoms with van der Waals surface area (Å²) in [6.07, 6.45) is 7.18. The smallest absolute Gasteiger partial charge is 0.255 e. The number of aromatic nitrogens is 2. The molecule has 5 heteroatoms. The maximum Gasteiger partial charge on any atom is 0.255 e. The third-order valence-corrected chi connectivity index (χ3v) is 5.02. The predicted molar refractivity (Wildman–Crippen MR) is 84.4 cm³/mol. The summed E-state index contributed by atoms with van der Waals surface area (Å²) in [4.78, 5) is 4.27. The van der Waals surface area contributed by atoms with E-state index in [0.29, 0.717) is 17.6 Å². The second-order valence-corrected chi connectivity index (χ2v) is 6.77. The zero-order chi connectivity index (χ0) is 15.5. The van der Waals surface area contributed by atoms with Crippen LogP contribution < -0.4 is 5.32 Å². The lowest BCUT2D eigenvalue weighted by molar-refractivity contribution is 0.0260. The maximum absolute atomic E-state index is 6.03. The number of nitrogens with one attached hydrogen (secondary N) is 1. The molecule has 1 N–H and O–H groups in total. The Kier molecular flexibility index (Phi) is 4.93. The van der Waals surface area contributed by atoms with Gasteiger partial charge in [0.1, 0.15) is 6.10 Å². The van der Waals surface area contributed by atoms with E-state index >= 15 is 0 Å². The molecule has 0 amide bonds. The first-order valence-corrected chi connectivity index (χ1v) is 8.46. The van der Waals surface area contributed by atoms with E-state index in [1.807, 2.05) is 6.92 Å². The second kappa shape index (κ2) is 6.92. The zero-order valence-electron chi connectivity index (χ0n) is 13.8. The molecule has 22 heavy (non-hydrogen) atoms. The fourth-order valence-corrected chi connectivity index (χ4v) is 3.62. The topological polar surface area (TPSA) is 60.2 Å². The summed E-state index contributed by atoms with van der Waals surface area (Å²) >= 11 is 0. The zero-order valence-corrected chi connectivity index (χ0v) is 13.8. The highest BCUT2D eigenvalue weighted by atomic mass is 16.5. The Labute approximate surface area is 132 Å². The van der Waals surface area contributed by atoms with Gasteiger partial charge in [0.25, 0.3) is 5.89 Å². The van der Waals surface area contributed by atoms with Crippen LogP contribution in [0.3, 0.4) is 0 Å². The van der Waals surface area contributed by atoms with Gasteiger partial charge < -0.3 is 14.6 Å². The van der Waals surface area contributed by atoms with Crippen molar-refractivity contribution in [2.45, 2.75) is 58.7 Å². The average Bonchev–Trinajstić information content (AvgIpc) is 3.11. The molecule has 0 aromatic carbocycles. The molecule has 1 fully saturated rings. The highest BCUT2D eigenvalue weighted by molar-refractivity contribution is 5.09. The third-order valence-electron chi connectivity index (χ3n) is 5.02. The lowest BCUT2D eigenvalue weighted by Crippen LogP contribution is -2.34. The molecular formula is C17H27N3O2. The van der Waals surface area contributed by atoms with Gasteiger partial charge in [-0.1, -0.05) is 23.7 Å². The third kappa shape index (κ3) is 3.58. The van der Waals surface area contributed by atoms with E-state index in [2.05, 4.69) is 35.4 Å². The first-order chi connectivity index (χ1) is 10.6. The Morgan fingerprint density at radius 3 is 2.82 bits per heavy atom. The minimum absolute atomic E-state index is 0.0248. The van der Waals surface area contributed by atoms with Crippen LogP contribution in [0.2, 0.25) is 0 Å². The number of ether oxygens (including phenoxy) is 1. The van der Waals surface area contributed by atoms with Gasteiger partial charge in [-0.25, -0.2) is 0 Å². The van der Waals surface area contributed by atoms with Crippen LogP contribution >= 0.6 is 0 Å². The number of hydrogen-bond donors (Lipinski definition) is 1. The Balaban J connectivity index is 1.43. The highest BCUT2D eigenvalue weighted by Crippen LogP contribution is 2.32. The van der Waals surface area contributed by atoms with E-state index < -0.39 is 0 Å². The summed E-state index contributed by atoms with van der Waals surface area (Å²) in [5, 5.41) is 7.44. The fourth-order valence-electron chi connectivity index (χ4n) is 3.62. The van der Waals surface area contributed by atoms with Crippen molar-refractivity contribution in [3.05, 3.63) is 23.4 Å². The Bertz CT molecular complexity index is 526. The van der Waals surface area contributed by atoms with E-state index in [-0.39, 0.29) is 12.2 Å². The predicted octanol–water partition coefficient (Wildman–Crippen LogP) is 3.18. The van der Waals surface area contributed by atoms with Gasteiger partial charge in [0.05, 0.1) is 6.10 Å². The number of nitrogens with zero attached hydrogens (tertiary/aromatic N) is 2. The molecule has 2 unspecified atom stereocenters. The lowest BCUT2D eigenvalue weighted by Gasteiger charge is -2.29. The minimum atomic E-state index is -0.0248. The summed E-state index contributed by atoms with van der Waals surface area (Å²) < 4.78 is 11.2. The molecule has 1 aliphatic heterocycles. The van der Waals surface area contributed by atoms with E-state index in [0.717, 1.165) is 31.8 Å². The van der Waals surface area contributed by atoms with Crippen LogP contribution in [0.4, 0.5) is 0 Å². The molecule has 2 aliphatic rings. The summed E-state index contributed by atoms with van der Waals surface area (Å²) in [6, 6.07) is 0. The van der Waals surface area contributed by atoms with Crippen molar-refractivity contribution in [3.63, 3.8) is 0 Å². The van der Waals surface area contributed by atoms with Gasteiger partial charge in [-0.3, -0.25) is 0 Å². The van der Waals surface area contributed by atoms with Crippen LogP contribution in [-0.4, -0.2) is 29.3 Å². The number of rotatable bonds is 5. The number of allylic oxidation sites excluding steroid dienone is 1. The quantitative estimate of drug-likeness (QED) is 0.847. The summed E-state index contributed by atoms with van der Waals surface area (Å²) in [5.74, 6) is 2.74.